The van der Waals surface area contributed by atoms with Gasteiger partial charge in [0.25, 0.3) is 0 Å². The Labute approximate surface area is 105 Å². The summed E-state index contributed by atoms with van der Waals surface area (Å²) in [4.78, 5) is 19.9. The van der Waals surface area contributed by atoms with E-state index in [1.807, 2.05) is 6.92 Å². The molecule has 0 aliphatic carbocycles. The van der Waals surface area contributed by atoms with Crippen molar-refractivity contribution in [3.05, 3.63) is 18.6 Å². The van der Waals surface area contributed by atoms with Crippen molar-refractivity contribution in [1.82, 2.24) is 15.3 Å². The smallest absolute Gasteiger partial charge is 0.326 e. The maximum absolute atomic E-state index is 11.8. The fourth-order valence-corrected chi connectivity index (χ4v) is 2.07. The number of hydrogen-bond acceptors (Lipinski definition) is 6. The monoisotopic (exact) mass is 255 g/mol. The molecule has 1 N–H and O–H groups in total. The maximum atomic E-state index is 11.8. The van der Waals surface area contributed by atoms with E-state index in [1.165, 1.54) is 11.8 Å². The lowest BCUT2D eigenvalue weighted by molar-refractivity contribution is -0.149. The van der Waals surface area contributed by atoms with E-state index < -0.39 is 5.54 Å². The second-order valence-electron chi connectivity index (χ2n) is 3.63. The Morgan fingerprint density at radius 2 is 2.35 bits per heavy atom. The predicted octanol–water partition coefficient (Wildman–Crippen LogP) is 1.11. The Morgan fingerprint density at radius 3 is 2.88 bits per heavy atom. The Kier molecular flexibility index (Phi) is 5.37. The van der Waals surface area contributed by atoms with E-state index >= 15 is 0 Å². The Balaban J connectivity index is 2.60. The lowest BCUT2D eigenvalue weighted by Gasteiger charge is -2.25. The second-order valence-corrected chi connectivity index (χ2v) is 4.63. The zero-order chi connectivity index (χ0) is 12.7. The highest BCUT2D eigenvalue weighted by Gasteiger charge is 2.33. The number of thioether (sulfide) groups is 1. The van der Waals surface area contributed by atoms with E-state index in [9.17, 15) is 4.79 Å². The summed E-state index contributed by atoms with van der Waals surface area (Å²) >= 11 is 1.47. The number of carbonyl (C=O) groups is 1. The summed E-state index contributed by atoms with van der Waals surface area (Å²) in [5.74, 6) is 0.292. The van der Waals surface area contributed by atoms with Crippen LogP contribution in [-0.4, -0.2) is 40.9 Å². The van der Waals surface area contributed by atoms with Crippen LogP contribution in [0, 0.1) is 0 Å². The largest absolute Gasteiger partial charge is 0.465 e. The minimum absolute atomic E-state index is 0.251. The molecule has 1 aromatic rings. The van der Waals surface area contributed by atoms with Crippen LogP contribution < -0.4 is 5.32 Å². The highest BCUT2D eigenvalue weighted by atomic mass is 32.2. The number of hydrogen-bond donors (Lipinski definition) is 1. The summed E-state index contributed by atoms with van der Waals surface area (Å²) in [6, 6.07) is 0. The van der Waals surface area contributed by atoms with E-state index in [4.69, 9.17) is 4.74 Å². The summed E-state index contributed by atoms with van der Waals surface area (Å²) in [6.45, 7) is 3.99. The molecule has 1 rings (SSSR count). The molecule has 0 amide bonds. The third-order valence-electron chi connectivity index (χ3n) is 2.33. The standard InChI is InChI=1S/C11H17N3O2S/c1-4-16-10(15)11(2,12-3)8-17-9-7-13-5-6-14-9/h5-7,12H,4,8H2,1-3H3. The van der Waals surface area contributed by atoms with Gasteiger partial charge in [-0.2, -0.15) is 0 Å². The summed E-state index contributed by atoms with van der Waals surface area (Å²) in [5, 5.41) is 3.78. The van der Waals surface area contributed by atoms with Crippen molar-refractivity contribution in [2.75, 3.05) is 19.4 Å². The van der Waals surface area contributed by atoms with Gasteiger partial charge in [0.2, 0.25) is 0 Å². The number of carbonyl (C=O) groups excluding carboxylic acids is 1. The van der Waals surface area contributed by atoms with Gasteiger partial charge >= 0.3 is 5.97 Å². The molecule has 0 aliphatic heterocycles. The van der Waals surface area contributed by atoms with Crippen molar-refractivity contribution < 1.29 is 9.53 Å². The third-order valence-corrected chi connectivity index (χ3v) is 3.55. The molecule has 1 atom stereocenters. The molecule has 0 aromatic carbocycles. The number of rotatable bonds is 6. The molecule has 5 nitrogen and oxygen atoms in total. The van der Waals surface area contributed by atoms with Gasteiger partial charge in [-0.25, -0.2) is 4.98 Å². The van der Waals surface area contributed by atoms with Crippen LogP contribution in [0.15, 0.2) is 23.6 Å². The van der Waals surface area contributed by atoms with Gasteiger partial charge in [-0.3, -0.25) is 9.78 Å². The number of nitrogens with one attached hydrogen (secondary N) is 1. The van der Waals surface area contributed by atoms with Crippen molar-refractivity contribution in [1.29, 1.82) is 0 Å². The molecule has 0 saturated carbocycles. The molecule has 0 radical (unpaired) electrons. The third kappa shape index (κ3) is 3.98. The minimum atomic E-state index is -0.710. The first-order valence-corrected chi connectivity index (χ1v) is 6.36. The fourth-order valence-electron chi connectivity index (χ4n) is 1.10. The number of ether oxygens (including phenoxy) is 1. The van der Waals surface area contributed by atoms with Gasteiger partial charge in [0, 0.05) is 18.1 Å². The van der Waals surface area contributed by atoms with Crippen LogP contribution in [0.5, 0.6) is 0 Å². The summed E-state index contributed by atoms with van der Waals surface area (Å²) < 4.78 is 5.04. The molecule has 1 heterocycles. The average molecular weight is 255 g/mol. The number of esters is 1. The van der Waals surface area contributed by atoms with Crippen LogP contribution in [0.2, 0.25) is 0 Å². The first-order chi connectivity index (χ1) is 8.12. The van der Waals surface area contributed by atoms with Gasteiger partial charge in [0.1, 0.15) is 10.6 Å². The van der Waals surface area contributed by atoms with Gasteiger partial charge in [0.15, 0.2) is 0 Å². The number of aromatic nitrogens is 2. The minimum Gasteiger partial charge on any atom is -0.465 e. The Hall–Kier alpha value is -1.14. The topological polar surface area (TPSA) is 64.1 Å². The van der Waals surface area contributed by atoms with Crippen LogP contribution in [0.3, 0.4) is 0 Å². The van der Waals surface area contributed by atoms with Gasteiger partial charge < -0.3 is 10.1 Å². The molecule has 6 heteroatoms. The van der Waals surface area contributed by atoms with Crippen molar-refractivity contribution in [3.8, 4) is 0 Å². The van der Waals surface area contributed by atoms with E-state index in [1.54, 1.807) is 32.6 Å². The van der Waals surface area contributed by atoms with Crippen molar-refractivity contribution in [2.45, 2.75) is 24.4 Å². The lowest BCUT2D eigenvalue weighted by Crippen LogP contribution is -2.50. The summed E-state index contributed by atoms with van der Waals surface area (Å²) in [6.07, 6.45) is 4.92. The quantitative estimate of drug-likeness (QED) is 0.607. The van der Waals surface area contributed by atoms with Gasteiger partial charge in [-0.1, -0.05) is 0 Å². The zero-order valence-electron chi connectivity index (χ0n) is 10.3. The van der Waals surface area contributed by atoms with E-state index in [0.717, 1.165) is 5.03 Å². The predicted molar refractivity (Wildman–Crippen MR) is 66.9 cm³/mol. The maximum Gasteiger partial charge on any atom is 0.326 e. The van der Waals surface area contributed by atoms with Gasteiger partial charge in [0.05, 0.1) is 12.8 Å². The number of nitrogens with zero attached hydrogens (tertiary/aromatic N) is 2. The molecule has 1 aromatic heterocycles. The summed E-state index contributed by atoms with van der Waals surface area (Å²) in [7, 11) is 1.74. The lowest BCUT2D eigenvalue weighted by atomic mass is 10.1. The van der Waals surface area contributed by atoms with Crippen molar-refractivity contribution >= 4 is 17.7 Å². The van der Waals surface area contributed by atoms with Crippen LogP contribution in [0.4, 0.5) is 0 Å². The van der Waals surface area contributed by atoms with Crippen LogP contribution >= 0.6 is 11.8 Å². The second kappa shape index (κ2) is 6.56. The highest BCUT2D eigenvalue weighted by Crippen LogP contribution is 2.20. The molecule has 0 aliphatic rings. The molecule has 0 bridgehead atoms. The first kappa shape index (κ1) is 13.9. The highest BCUT2D eigenvalue weighted by molar-refractivity contribution is 7.99. The Morgan fingerprint density at radius 1 is 1.59 bits per heavy atom. The van der Waals surface area contributed by atoms with Crippen LogP contribution in [0.25, 0.3) is 0 Å². The molecule has 0 saturated heterocycles. The number of likely N-dealkylation sites (N-methyl/N-ethyl adjacent to an activating group) is 1. The molecule has 94 valence electrons. The van der Waals surface area contributed by atoms with Gasteiger partial charge in [-0.15, -0.1) is 11.8 Å². The average Bonchev–Trinajstić information content (AvgIpc) is 2.37. The van der Waals surface area contributed by atoms with Crippen LogP contribution in [0.1, 0.15) is 13.8 Å². The fraction of sp³-hybridized carbons (Fsp3) is 0.545. The van der Waals surface area contributed by atoms with Gasteiger partial charge in [-0.05, 0) is 20.9 Å². The zero-order valence-corrected chi connectivity index (χ0v) is 11.1. The van der Waals surface area contributed by atoms with Crippen molar-refractivity contribution in [2.24, 2.45) is 0 Å². The van der Waals surface area contributed by atoms with E-state index in [2.05, 4.69) is 15.3 Å². The van der Waals surface area contributed by atoms with E-state index in [-0.39, 0.29) is 5.97 Å². The molecule has 1 unspecified atom stereocenters. The van der Waals surface area contributed by atoms with E-state index in [0.29, 0.717) is 12.4 Å². The molecular weight excluding hydrogens is 238 g/mol. The molecule has 17 heavy (non-hydrogen) atoms. The molecule has 0 fully saturated rings. The van der Waals surface area contributed by atoms with Crippen LogP contribution in [-0.2, 0) is 9.53 Å². The first-order valence-electron chi connectivity index (χ1n) is 5.37. The SMILES string of the molecule is CCOC(=O)C(C)(CSc1cnccn1)NC. The Bertz CT molecular complexity index is 361. The normalized spacial score (nSPS) is 14.1. The summed E-state index contributed by atoms with van der Waals surface area (Å²) in [5.41, 5.74) is -0.710. The molecular formula is C11H17N3O2S. The molecule has 0 spiro atoms. The van der Waals surface area contributed by atoms with Crippen molar-refractivity contribution in [3.63, 3.8) is 0 Å².